The van der Waals surface area contributed by atoms with Gasteiger partial charge in [0.15, 0.2) is 0 Å². The van der Waals surface area contributed by atoms with Crippen LogP contribution in [0.25, 0.3) is 11.5 Å². The third-order valence-corrected chi connectivity index (χ3v) is 4.03. The summed E-state index contributed by atoms with van der Waals surface area (Å²) in [6, 6.07) is 8.95. The van der Waals surface area contributed by atoms with Crippen LogP contribution in [0.5, 0.6) is 0 Å². The first-order valence-corrected chi connectivity index (χ1v) is 8.50. The normalized spacial score (nSPS) is 12.5. The van der Waals surface area contributed by atoms with Gasteiger partial charge in [-0.3, -0.25) is 0 Å². The molecule has 22 heavy (non-hydrogen) atoms. The average molecular weight is 300 g/mol. The number of hydrogen-bond acceptors (Lipinski definition) is 3. The molecule has 0 aliphatic rings. The standard InChI is InChI=1S/C19H28N2O/c1-4-6-7-8-15(3)20-13-18-14-22-19(21-18)17-11-9-16(5-2)10-12-17/h9-12,14-15,20H,4-8,13H2,1-3H3. The molecule has 1 heterocycles. The molecule has 0 saturated heterocycles. The number of unbranched alkanes of at least 4 members (excludes halogenated alkanes) is 2. The number of nitrogens with zero attached hydrogens (tertiary/aromatic N) is 1. The van der Waals surface area contributed by atoms with Gasteiger partial charge in [0.1, 0.15) is 6.26 Å². The maximum Gasteiger partial charge on any atom is 0.226 e. The zero-order valence-electron chi connectivity index (χ0n) is 14.1. The monoisotopic (exact) mass is 300 g/mol. The van der Waals surface area contributed by atoms with Gasteiger partial charge in [-0.25, -0.2) is 4.98 Å². The molecule has 0 saturated carbocycles. The van der Waals surface area contributed by atoms with E-state index in [9.17, 15) is 0 Å². The van der Waals surface area contributed by atoms with Gasteiger partial charge in [-0.15, -0.1) is 0 Å². The van der Waals surface area contributed by atoms with E-state index in [-0.39, 0.29) is 0 Å². The molecule has 0 aliphatic heterocycles. The van der Waals surface area contributed by atoms with Crippen molar-refractivity contribution in [2.45, 2.75) is 65.5 Å². The first kappa shape index (κ1) is 16.8. The van der Waals surface area contributed by atoms with Crippen molar-refractivity contribution in [3.8, 4) is 11.5 Å². The fourth-order valence-electron chi connectivity index (χ4n) is 2.49. The van der Waals surface area contributed by atoms with Crippen LogP contribution in [0.2, 0.25) is 0 Å². The molecule has 1 aromatic carbocycles. The van der Waals surface area contributed by atoms with E-state index in [0.717, 1.165) is 24.2 Å². The van der Waals surface area contributed by atoms with Gasteiger partial charge in [-0.05, 0) is 37.5 Å². The smallest absolute Gasteiger partial charge is 0.226 e. The molecule has 0 spiro atoms. The molecule has 0 fully saturated rings. The number of hydrogen-bond donors (Lipinski definition) is 1. The molecule has 2 aromatic rings. The summed E-state index contributed by atoms with van der Waals surface area (Å²) in [6.45, 7) is 7.40. The first-order chi connectivity index (χ1) is 10.7. The van der Waals surface area contributed by atoms with Crippen molar-refractivity contribution in [3.05, 3.63) is 41.8 Å². The van der Waals surface area contributed by atoms with Gasteiger partial charge in [0.2, 0.25) is 5.89 Å². The van der Waals surface area contributed by atoms with Crippen molar-refractivity contribution in [1.29, 1.82) is 0 Å². The zero-order valence-corrected chi connectivity index (χ0v) is 14.1. The predicted octanol–water partition coefficient (Wildman–Crippen LogP) is 4.96. The van der Waals surface area contributed by atoms with Crippen LogP contribution in [0.4, 0.5) is 0 Å². The molecule has 1 N–H and O–H groups in total. The summed E-state index contributed by atoms with van der Waals surface area (Å²) in [6.07, 6.45) is 7.91. The lowest BCUT2D eigenvalue weighted by Gasteiger charge is -2.11. The molecule has 1 unspecified atom stereocenters. The highest BCUT2D eigenvalue weighted by molar-refractivity contribution is 5.53. The van der Waals surface area contributed by atoms with E-state index in [4.69, 9.17) is 4.42 Å². The minimum absolute atomic E-state index is 0.524. The van der Waals surface area contributed by atoms with E-state index >= 15 is 0 Å². The summed E-state index contributed by atoms with van der Waals surface area (Å²) >= 11 is 0. The number of benzene rings is 1. The summed E-state index contributed by atoms with van der Waals surface area (Å²) in [7, 11) is 0. The molecule has 0 aliphatic carbocycles. The topological polar surface area (TPSA) is 38.1 Å². The number of oxazole rings is 1. The fourth-order valence-corrected chi connectivity index (χ4v) is 2.49. The van der Waals surface area contributed by atoms with Crippen LogP contribution in [0.15, 0.2) is 34.9 Å². The van der Waals surface area contributed by atoms with Gasteiger partial charge in [-0.1, -0.05) is 45.2 Å². The lowest BCUT2D eigenvalue weighted by molar-refractivity contribution is 0.483. The Labute approximate surface area is 134 Å². The molecule has 3 heteroatoms. The Kier molecular flexibility index (Phi) is 6.66. The molecule has 1 aromatic heterocycles. The number of rotatable bonds is 9. The van der Waals surface area contributed by atoms with Crippen molar-refractivity contribution in [1.82, 2.24) is 10.3 Å². The van der Waals surface area contributed by atoms with Crippen LogP contribution in [0.3, 0.4) is 0 Å². The van der Waals surface area contributed by atoms with E-state index in [2.05, 4.69) is 55.3 Å². The first-order valence-electron chi connectivity index (χ1n) is 8.50. The van der Waals surface area contributed by atoms with E-state index in [0.29, 0.717) is 11.9 Å². The number of aromatic nitrogens is 1. The largest absolute Gasteiger partial charge is 0.444 e. The maximum atomic E-state index is 5.60. The molecular formula is C19H28N2O. The van der Waals surface area contributed by atoms with Crippen LogP contribution >= 0.6 is 0 Å². The minimum atomic E-state index is 0.524. The Bertz CT molecular complexity index is 545. The van der Waals surface area contributed by atoms with Crippen molar-refractivity contribution in [3.63, 3.8) is 0 Å². The van der Waals surface area contributed by atoms with Crippen molar-refractivity contribution >= 4 is 0 Å². The molecule has 0 bridgehead atoms. The van der Waals surface area contributed by atoms with Gasteiger partial charge in [0, 0.05) is 18.2 Å². The van der Waals surface area contributed by atoms with Crippen molar-refractivity contribution < 1.29 is 4.42 Å². The highest BCUT2D eigenvalue weighted by Crippen LogP contribution is 2.19. The van der Waals surface area contributed by atoms with Gasteiger partial charge in [0.05, 0.1) is 5.69 Å². The molecule has 1 atom stereocenters. The van der Waals surface area contributed by atoms with Crippen LogP contribution in [0, 0.1) is 0 Å². The van der Waals surface area contributed by atoms with E-state index in [1.54, 1.807) is 6.26 Å². The number of nitrogens with one attached hydrogen (secondary N) is 1. The van der Waals surface area contributed by atoms with Crippen molar-refractivity contribution in [2.75, 3.05) is 0 Å². The third kappa shape index (κ3) is 4.99. The average Bonchev–Trinajstić information content (AvgIpc) is 3.02. The summed E-state index contributed by atoms with van der Waals surface area (Å²) in [5.41, 5.74) is 3.34. The molecule has 3 nitrogen and oxygen atoms in total. The Balaban J connectivity index is 1.85. The highest BCUT2D eigenvalue weighted by atomic mass is 16.3. The van der Waals surface area contributed by atoms with Gasteiger partial charge in [-0.2, -0.15) is 0 Å². The van der Waals surface area contributed by atoms with Gasteiger partial charge >= 0.3 is 0 Å². The Hall–Kier alpha value is -1.61. The van der Waals surface area contributed by atoms with Crippen LogP contribution in [-0.4, -0.2) is 11.0 Å². The van der Waals surface area contributed by atoms with E-state index in [1.807, 2.05) is 0 Å². The summed E-state index contributed by atoms with van der Waals surface area (Å²) in [4.78, 5) is 4.58. The molecular weight excluding hydrogens is 272 g/mol. The Morgan fingerprint density at radius 2 is 1.91 bits per heavy atom. The molecule has 2 rings (SSSR count). The summed E-state index contributed by atoms with van der Waals surface area (Å²) in [5, 5.41) is 3.52. The highest BCUT2D eigenvalue weighted by Gasteiger charge is 2.08. The molecule has 120 valence electrons. The van der Waals surface area contributed by atoms with E-state index in [1.165, 1.54) is 31.2 Å². The summed E-state index contributed by atoms with van der Waals surface area (Å²) < 4.78 is 5.60. The SMILES string of the molecule is CCCCCC(C)NCc1coc(-c2ccc(CC)cc2)n1. The quantitative estimate of drug-likeness (QED) is 0.665. The predicted molar refractivity (Wildman–Crippen MR) is 91.8 cm³/mol. The minimum Gasteiger partial charge on any atom is -0.444 e. The Morgan fingerprint density at radius 1 is 1.14 bits per heavy atom. The van der Waals surface area contributed by atoms with Crippen LogP contribution < -0.4 is 5.32 Å². The Morgan fingerprint density at radius 3 is 2.59 bits per heavy atom. The van der Waals surface area contributed by atoms with Gasteiger partial charge < -0.3 is 9.73 Å². The third-order valence-electron chi connectivity index (χ3n) is 4.03. The maximum absolute atomic E-state index is 5.60. The summed E-state index contributed by atoms with van der Waals surface area (Å²) in [5.74, 6) is 0.707. The fraction of sp³-hybridized carbons (Fsp3) is 0.526. The molecule has 0 amide bonds. The van der Waals surface area contributed by atoms with Crippen molar-refractivity contribution in [2.24, 2.45) is 0 Å². The second kappa shape index (κ2) is 8.74. The van der Waals surface area contributed by atoms with E-state index < -0.39 is 0 Å². The van der Waals surface area contributed by atoms with Crippen LogP contribution in [0.1, 0.15) is 57.7 Å². The van der Waals surface area contributed by atoms with Gasteiger partial charge in [0.25, 0.3) is 0 Å². The lowest BCUT2D eigenvalue weighted by Crippen LogP contribution is -2.25. The second-order valence-electron chi connectivity index (χ2n) is 5.97. The number of aryl methyl sites for hydroxylation is 1. The van der Waals surface area contributed by atoms with Crippen LogP contribution in [-0.2, 0) is 13.0 Å². The molecule has 0 radical (unpaired) electrons. The lowest BCUT2D eigenvalue weighted by atomic mass is 10.1. The zero-order chi connectivity index (χ0) is 15.8. The second-order valence-corrected chi connectivity index (χ2v) is 5.97.